The lowest BCUT2D eigenvalue weighted by Crippen LogP contribution is -2.34. The number of imide groups is 1. The van der Waals surface area contributed by atoms with Crippen molar-refractivity contribution in [3.8, 4) is 0 Å². The maximum Gasteiger partial charge on any atom is 0.418 e. The molecule has 17 heavy (non-hydrogen) atoms. The van der Waals surface area contributed by atoms with Crippen LogP contribution in [0.15, 0.2) is 30.3 Å². The fourth-order valence-electron chi connectivity index (χ4n) is 1.65. The molecule has 1 aromatic rings. The number of ether oxygens (including phenoxy) is 1. The Morgan fingerprint density at radius 1 is 1.47 bits per heavy atom. The van der Waals surface area contributed by atoms with Gasteiger partial charge in [-0.15, -0.1) is 0 Å². The Balaban J connectivity index is 1.88. The van der Waals surface area contributed by atoms with Crippen molar-refractivity contribution in [2.45, 2.75) is 19.6 Å². The highest BCUT2D eigenvalue weighted by Crippen LogP contribution is 2.08. The van der Waals surface area contributed by atoms with Gasteiger partial charge in [-0.3, -0.25) is 0 Å². The average Bonchev–Trinajstić information content (AvgIpc) is 2.67. The number of carbonyl (C=O) groups excluding carboxylic acids is 2. The first-order valence-electron chi connectivity index (χ1n) is 5.45. The summed E-state index contributed by atoms with van der Waals surface area (Å²) in [5.74, 6) is 0. The average molecular weight is 234 g/mol. The summed E-state index contributed by atoms with van der Waals surface area (Å²) in [5, 5.41) is 2.63. The minimum Gasteiger partial charge on any atom is -0.444 e. The maximum atomic E-state index is 11.6. The number of nitrogens with zero attached hydrogens (tertiary/aromatic N) is 1. The van der Waals surface area contributed by atoms with Gasteiger partial charge >= 0.3 is 12.1 Å². The van der Waals surface area contributed by atoms with Gasteiger partial charge in [0, 0.05) is 6.04 Å². The minimum absolute atomic E-state index is 0.0215. The third-order valence-electron chi connectivity index (χ3n) is 2.50. The van der Waals surface area contributed by atoms with Crippen molar-refractivity contribution in [1.29, 1.82) is 0 Å². The molecule has 1 aliphatic heterocycles. The van der Waals surface area contributed by atoms with Crippen LogP contribution < -0.4 is 5.32 Å². The van der Waals surface area contributed by atoms with Crippen LogP contribution >= 0.6 is 0 Å². The number of hydrogen-bond donors (Lipinski definition) is 1. The predicted molar refractivity (Wildman–Crippen MR) is 61.3 cm³/mol. The molecule has 0 aromatic heterocycles. The molecular weight excluding hydrogens is 220 g/mol. The summed E-state index contributed by atoms with van der Waals surface area (Å²) in [7, 11) is 0. The molecule has 0 aliphatic carbocycles. The van der Waals surface area contributed by atoms with Crippen molar-refractivity contribution in [2.75, 3.05) is 6.54 Å². The van der Waals surface area contributed by atoms with Crippen LogP contribution in [0.5, 0.6) is 0 Å². The van der Waals surface area contributed by atoms with Crippen molar-refractivity contribution in [3.63, 3.8) is 0 Å². The Morgan fingerprint density at radius 2 is 2.18 bits per heavy atom. The molecule has 0 saturated carbocycles. The van der Waals surface area contributed by atoms with E-state index >= 15 is 0 Å². The summed E-state index contributed by atoms with van der Waals surface area (Å²) in [6.45, 7) is 2.37. The lowest BCUT2D eigenvalue weighted by atomic mass is 10.2. The van der Waals surface area contributed by atoms with Crippen LogP contribution in [-0.4, -0.2) is 29.6 Å². The van der Waals surface area contributed by atoms with Crippen LogP contribution in [0.4, 0.5) is 9.59 Å². The third kappa shape index (κ3) is 2.75. The van der Waals surface area contributed by atoms with E-state index in [1.54, 1.807) is 0 Å². The minimum atomic E-state index is -0.601. The molecule has 0 radical (unpaired) electrons. The van der Waals surface area contributed by atoms with E-state index < -0.39 is 12.1 Å². The van der Waals surface area contributed by atoms with Crippen molar-refractivity contribution in [2.24, 2.45) is 0 Å². The van der Waals surface area contributed by atoms with Gasteiger partial charge in [-0.1, -0.05) is 30.3 Å². The smallest absolute Gasteiger partial charge is 0.418 e. The molecule has 1 aliphatic rings. The molecule has 0 bridgehead atoms. The zero-order valence-electron chi connectivity index (χ0n) is 9.55. The maximum absolute atomic E-state index is 11.6. The summed E-state index contributed by atoms with van der Waals surface area (Å²) in [4.78, 5) is 24.0. The molecular formula is C12H14N2O3. The molecule has 1 aromatic carbocycles. The Morgan fingerprint density at radius 3 is 2.76 bits per heavy atom. The van der Waals surface area contributed by atoms with Gasteiger partial charge in [-0.25, -0.2) is 14.5 Å². The Labute approximate surface area is 99.4 Å². The highest BCUT2D eigenvalue weighted by Gasteiger charge is 2.31. The van der Waals surface area contributed by atoms with E-state index in [-0.39, 0.29) is 12.6 Å². The molecule has 5 heteroatoms. The number of rotatable bonds is 2. The van der Waals surface area contributed by atoms with Crippen LogP contribution in [0.2, 0.25) is 0 Å². The van der Waals surface area contributed by atoms with Gasteiger partial charge < -0.3 is 10.1 Å². The van der Waals surface area contributed by atoms with E-state index in [4.69, 9.17) is 4.74 Å². The quantitative estimate of drug-likeness (QED) is 0.847. The van der Waals surface area contributed by atoms with Crippen molar-refractivity contribution in [3.05, 3.63) is 35.9 Å². The highest BCUT2D eigenvalue weighted by atomic mass is 16.6. The number of amides is 3. The fraction of sp³-hybridized carbons (Fsp3) is 0.333. The molecule has 1 atom stereocenters. The second-order valence-electron chi connectivity index (χ2n) is 4.00. The third-order valence-corrected chi connectivity index (χ3v) is 2.50. The van der Waals surface area contributed by atoms with Gasteiger partial charge in [-0.05, 0) is 12.5 Å². The van der Waals surface area contributed by atoms with E-state index in [9.17, 15) is 9.59 Å². The molecule has 1 unspecified atom stereocenters. The SMILES string of the molecule is CC1CN(C(=O)OCc2ccccc2)C(=O)N1. The number of carbonyl (C=O) groups is 2. The first-order chi connectivity index (χ1) is 8.16. The second-order valence-corrected chi connectivity index (χ2v) is 4.00. The van der Waals surface area contributed by atoms with Gasteiger partial charge in [0.05, 0.1) is 6.54 Å². The van der Waals surface area contributed by atoms with E-state index in [0.717, 1.165) is 10.5 Å². The topological polar surface area (TPSA) is 58.6 Å². The molecule has 3 amide bonds. The van der Waals surface area contributed by atoms with Gasteiger partial charge in [0.25, 0.3) is 0 Å². The summed E-state index contributed by atoms with van der Waals surface area (Å²) in [6.07, 6.45) is -0.601. The zero-order chi connectivity index (χ0) is 12.3. The van der Waals surface area contributed by atoms with Gasteiger partial charge in [0.15, 0.2) is 0 Å². The van der Waals surface area contributed by atoms with E-state index in [2.05, 4.69) is 5.32 Å². The van der Waals surface area contributed by atoms with Crippen LogP contribution in [0.1, 0.15) is 12.5 Å². The normalized spacial score (nSPS) is 19.0. The van der Waals surface area contributed by atoms with Crippen LogP contribution in [0.25, 0.3) is 0 Å². The van der Waals surface area contributed by atoms with E-state index in [0.29, 0.717) is 6.54 Å². The molecule has 1 heterocycles. The predicted octanol–water partition coefficient (Wildman–Crippen LogP) is 1.74. The standard InChI is InChI=1S/C12H14N2O3/c1-9-7-14(11(15)13-9)12(16)17-8-10-5-3-2-4-6-10/h2-6,9H,7-8H2,1H3,(H,13,15). The molecule has 5 nitrogen and oxygen atoms in total. The summed E-state index contributed by atoms with van der Waals surface area (Å²) >= 11 is 0. The number of urea groups is 1. The summed E-state index contributed by atoms with van der Waals surface area (Å²) < 4.78 is 5.06. The first-order valence-corrected chi connectivity index (χ1v) is 5.45. The molecule has 0 spiro atoms. The van der Waals surface area contributed by atoms with Crippen molar-refractivity contribution in [1.82, 2.24) is 10.2 Å². The van der Waals surface area contributed by atoms with Gasteiger partial charge in [0.2, 0.25) is 0 Å². The van der Waals surface area contributed by atoms with E-state index in [1.165, 1.54) is 0 Å². The molecule has 1 saturated heterocycles. The number of hydrogen-bond acceptors (Lipinski definition) is 3. The van der Waals surface area contributed by atoms with E-state index in [1.807, 2.05) is 37.3 Å². The molecule has 1 fully saturated rings. The Bertz CT molecular complexity index is 419. The van der Waals surface area contributed by atoms with Crippen LogP contribution in [-0.2, 0) is 11.3 Å². The Kier molecular flexibility index (Phi) is 3.27. The molecule has 1 N–H and O–H groups in total. The Hall–Kier alpha value is -2.04. The fourth-order valence-corrected chi connectivity index (χ4v) is 1.65. The molecule has 90 valence electrons. The van der Waals surface area contributed by atoms with Gasteiger partial charge in [0.1, 0.15) is 6.61 Å². The summed E-state index contributed by atoms with van der Waals surface area (Å²) in [6, 6.07) is 8.94. The number of benzene rings is 1. The lowest BCUT2D eigenvalue weighted by Gasteiger charge is -2.12. The van der Waals surface area contributed by atoms with Gasteiger partial charge in [-0.2, -0.15) is 0 Å². The zero-order valence-corrected chi connectivity index (χ0v) is 9.55. The van der Waals surface area contributed by atoms with Crippen molar-refractivity contribution < 1.29 is 14.3 Å². The largest absolute Gasteiger partial charge is 0.444 e. The highest BCUT2D eigenvalue weighted by molar-refractivity contribution is 5.92. The second kappa shape index (κ2) is 4.86. The van der Waals surface area contributed by atoms with Crippen molar-refractivity contribution >= 4 is 12.1 Å². The first kappa shape index (κ1) is 11.4. The summed E-state index contributed by atoms with van der Waals surface area (Å²) in [5.41, 5.74) is 0.897. The van der Waals surface area contributed by atoms with Crippen LogP contribution in [0.3, 0.4) is 0 Å². The van der Waals surface area contributed by atoms with Crippen LogP contribution in [0, 0.1) is 0 Å². The lowest BCUT2D eigenvalue weighted by molar-refractivity contribution is 0.110. The number of nitrogens with one attached hydrogen (secondary N) is 1. The monoisotopic (exact) mass is 234 g/mol. The molecule has 2 rings (SSSR count).